The molecule has 23 heavy (non-hydrogen) atoms. The Morgan fingerprint density at radius 1 is 1.22 bits per heavy atom. The molecule has 0 saturated carbocycles. The number of para-hydroxylation sites is 1. The molecule has 2 heterocycles. The number of anilines is 1. The highest BCUT2D eigenvalue weighted by atomic mass is 16.2. The molecule has 0 bridgehead atoms. The average Bonchev–Trinajstić information content (AvgIpc) is 2.91. The fraction of sp³-hybridized carbons (Fsp3) is 0.579. The number of rotatable bonds is 4. The maximum absolute atomic E-state index is 12.5. The number of piperidine rings is 1. The second-order valence-corrected chi connectivity index (χ2v) is 6.73. The lowest BCUT2D eigenvalue weighted by atomic mass is 9.80. The molecule has 2 amide bonds. The van der Waals surface area contributed by atoms with E-state index in [1.54, 1.807) is 0 Å². The zero-order valence-corrected chi connectivity index (χ0v) is 14.0. The number of nitrogens with one attached hydrogen (secondary N) is 1. The van der Waals surface area contributed by atoms with Gasteiger partial charge in [-0.2, -0.15) is 0 Å². The zero-order valence-electron chi connectivity index (χ0n) is 14.0. The molecule has 3 rings (SSSR count). The molecule has 4 nitrogen and oxygen atoms in total. The summed E-state index contributed by atoms with van der Waals surface area (Å²) in [6.07, 6.45) is 3.65. The van der Waals surface area contributed by atoms with Crippen molar-refractivity contribution >= 4 is 17.5 Å². The van der Waals surface area contributed by atoms with Gasteiger partial charge in [-0.3, -0.25) is 9.59 Å². The van der Waals surface area contributed by atoms with Crippen LogP contribution in [0.25, 0.3) is 0 Å². The van der Waals surface area contributed by atoms with Gasteiger partial charge in [-0.05, 0) is 43.2 Å². The van der Waals surface area contributed by atoms with Crippen LogP contribution in [0.15, 0.2) is 24.3 Å². The maximum Gasteiger partial charge on any atom is 0.232 e. The van der Waals surface area contributed by atoms with Crippen molar-refractivity contribution in [1.82, 2.24) is 4.90 Å². The molecule has 0 spiro atoms. The third-order valence-electron chi connectivity index (χ3n) is 5.49. The van der Waals surface area contributed by atoms with E-state index < -0.39 is 0 Å². The van der Waals surface area contributed by atoms with Crippen LogP contribution < -0.4 is 5.32 Å². The molecule has 0 radical (unpaired) electrons. The number of hydrogen-bond donors (Lipinski definition) is 1. The number of likely N-dealkylation sites (tertiary alicyclic amines) is 1. The Morgan fingerprint density at radius 3 is 2.52 bits per heavy atom. The summed E-state index contributed by atoms with van der Waals surface area (Å²) in [6, 6.07) is 7.98. The standard InChI is InChI=1S/C19H26N2O2/c1-3-13(4-2)19(23)21-11-9-14(10-12-21)17-15-7-5-6-8-16(15)20-18(17)22/h5-8,13-14,17H,3-4,9-12H2,1-2H3,(H,20,22). The van der Waals surface area contributed by atoms with Crippen LogP contribution in [-0.4, -0.2) is 29.8 Å². The minimum Gasteiger partial charge on any atom is -0.342 e. The predicted molar refractivity (Wildman–Crippen MR) is 91.2 cm³/mol. The van der Waals surface area contributed by atoms with Crippen LogP contribution in [0.3, 0.4) is 0 Å². The van der Waals surface area contributed by atoms with Gasteiger partial charge in [0.05, 0.1) is 5.92 Å². The lowest BCUT2D eigenvalue weighted by Crippen LogP contribution is -2.43. The first kappa shape index (κ1) is 16.0. The Hall–Kier alpha value is -1.84. The van der Waals surface area contributed by atoms with Gasteiger partial charge in [-0.25, -0.2) is 0 Å². The summed E-state index contributed by atoms with van der Waals surface area (Å²) in [4.78, 5) is 26.9. The number of benzene rings is 1. The second-order valence-electron chi connectivity index (χ2n) is 6.73. The molecule has 124 valence electrons. The SMILES string of the molecule is CCC(CC)C(=O)N1CCC(C2C(=O)Nc3ccccc32)CC1. The first-order valence-corrected chi connectivity index (χ1v) is 8.84. The van der Waals surface area contributed by atoms with E-state index in [-0.39, 0.29) is 17.7 Å². The normalized spacial score (nSPS) is 21.4. The molecule has 0 aromatic heterocycles. The summed E-state index contributed by atoms with van der Waals surface area (Å²) in [5.41, 5.74) is 2.08. The van der Waals surface area contributed by atoms with Gasteiger partial charge in [0, 0.05) is 24.7 Å². The molecule has 1 fully saturated rings. The van der Waals surface area contributed by atoms with E-state index in [0.717, 1.165) is 50.0 Å². The van der Waals surface area contributed by atoms with Crippen LogP contribution in [-0.2, 0) is 9.59 Å². The molecular weight excluding hydrogens is 288 g/mol. The van der Waals surface area contributed by atoms with Gasteiger partial charge in [-0.1, -0.05) is 32.0 Å². The van der Waals surface area contributed by atoms with Crippen LogP contribution in [0, 0.1) is 11.8 Å². The number of amides is 2. The van der Waals surface area contributed by atoms with Crippen molar-refractivity contribution < 1.29 is 9.59 Å². The van der Waals surface area contributed by atoms with Crippen molar-refractivity contribution in [1.29, 1.82) is 0 Å². The Kier molecular flexibility index (Phi) is 4.69. The van der Waals surface area contributed by atoms with E-state index in [4.69, 9.17) is 0 Å². The number of hydrogen-bond acceptors (Lipinski definition) is 2. The van der Waals surface area contributed by atoms with Crippen molar-refractivity contribution in [3.05, 3.63) is 29.8 Å². The number of fused-ring (bicyclic) bond motifs is 1. The quantitative estimate of drug-likeness (QED) is 0.926. The topological polar surface area (TPSA) is 49.4 Å². The molecule has 1 unspecified atom stereocenters. The zero-order chi connectivity index (χ0) is 16.4. The Labute approximate surface area is 138 Å². The first-order chi connectivity index (χ1) is 11.2. The van der Waals surface area contributed by atoms with Gasteiger partial charge in [0.2, 0.25) is 11.8 Å². The smallest absolute Gasteiger partial charge is 0.232 e. The highest BCUT2D eigenvalue weighted by molar-refractivity contribution is 6.03. The minimum absolute atomic E-state index is 0.0448. The van der Waals surface area contributed by atoms with Gasteiger partial charge >= 0.3 is 0 Å². The largest absolute Gasteiger partial charge is 0.342 e. The van der Waals surface area contributed by atoms with E-state index in [1.807, 2.05) is 23.1 Å². The van der Waals surface area contributed by atoms with Gasteiger partial charge in [0.15, 0.2) is 0 Å². The van der Waals surface area contributed by atoms with Crippen LogP contribution >= 0.6 is 0 Å². The molecule has 2 aliphatic heterocycles. The molecule has 0 aliphatic carbocycles. The Bertz CT molecular complexity index is 587. The second kappa shape index (κ2) is 6.73. The summed E-state index contributed by atoms with van der Waals surface area (Å²) in [6.45, 7) is 5.73. The number of carbonyl (C=O) groups is 2. The molecular formula is C19H26N2O2. The molecule has 1 aromatic rings. The molecule has 1 N–H and O–H groups in total. The first-order valence-electron chi connectivity index (χ1n) is 8.84. The fourth-order valence-electron chi connectivity index (χ4n) is 4.05. The predicted octanol–water partition coefficient (Wildman–Crippen LogP) is 3.40. The molecule has 1 saturated heterocycles. The Balaban J connectivity index is 1.66. The van der Waals surface area contributed by atoms with Gasteiger partial charge in [0.1, 0.15) is 0 Å². The summed E-state index contributed by atoms with van der Waals surface area (Å²) in [7, 11) is 0. The van der Waals surface area contributed by atoms with Crippen molar-refractivity contribution in [2.75, 3.05) is 18.4 Å². The summed E-state index contributed by atoms with van der Waals surface area (Å²) >= 11 is 0. The summed E-state index contributed by atoms with van der Waals surface area (Å²) in [5, 5.41) is 3.00. The van der Waals surface area contributed by atoms with E-state index in [1.165, 1.54) is 0 Å². The fourth-order valence-corrected chi connectivity index (χ4v) is 4.05. The summed E-state index contributed by atoms with van der Waals surface area (Å²) < 4.78 is 0. The number of nitrogens with zero attached hydrogens (tertiary/aromatic N) is 1. The van der Waals surface area contributed by atoms with Gasteiger partial charge < -0.3 is 10.2 Å². The maximum atomic E-state index is 12.5. The lowest BCUT2D eigenvalue weighted by molar-refractivity contribution is -0.137. The van der Waals surface area contributed by atoms with Crippen molar-refractivity contribution in [2.24, 2.45) is 11.8 Å². The van der Waals surface area contributed by atoms with Crippen molar-refractivity contribution in [2.45, 2.75) is 45.4 Å². The number of carbonyl (C=O) groups excluding carboxylic acids is 2. The van der Waals surface area contributed by atoms with Gasteiger partial charge in [0.25, 0.3) is 0 Å². The summed E-state index contributed by atoms with van der Waals surface area (Å²) in [5.74, 6) is 0.865. The lowest BCUT2D eigenvalue weighted by Gasteiger charge is -2.35. The van der Waals surface area contributed by atoms with E-state index in [2.05, 4.69) is 25.2 Å². The third kappa shape index (κ3) is 2.99. The van der Waals surface area contributed by atoms with E-state index in [9.17, 15) is 9.59 Å². The highest BCUT2D eigenvalue weighted by Crippen LogP contribution is 2.41. The molecule has 1 aromatic carbocycles. The highest BCUT2D eigenvalue weighted by Gasteiger charge is 2.38. The van der Waals surface area contributed by atoms with Crippen LogP contribution in [0.1, 0.15) is 51.0 Å². The monoisotopic (exact) mass is 314 g/mol. The average molecular weight is 314 g/mol. The van der Waals surface area contributed by atoms with Crippen LogP contribution in [0.5, 0.6) is 0 Å². The molecule has 1 atom stereocenters. The molecule has 4 heteroatoms. The Morgan fingerprint density at radius 2 is 1.87 bits per heavy atom. The van der Waals surface area contributed by atoms with Crippen molar-refractivity contribution in [3.8, 4) is 0 Å². The van der Waals surface area contributed by atoms with E-state index >= 15 is 0 Å². The van der Waals surface area contributed by atoms with Crippen LogP contribution in [0.2, 0.25) is 0 Å². The molecule has 2 aliphatic rings. The minimum atomic E-state index is -0.0448. The van der Waals surface area contributed by atoms with Crippen molar-refractivity contribution in [3.63, 3.8) is 0 Å². The van der Waals surface area contributed by atoms with Crippen LogP contribution in [0.4, 0.5) is 5.69 Å². The van der Waals surface area contributed by atoms with Gasteiger partial charge in [-0.15, -0.1) is 0 Å². The van der Waals surface area contributed by atoms with E-state index in [0.29, 0.717) is 11.8 Å². The third-order valence-corrected chi connectivity index (χ3v) is 5.49.